The van der Waals surface area contributed by atoms with E-state index in [-0.39, 0.29) is 5.97 Å². The van der Waals surface area contributed by atoms with Crippen LogP contribution < -0.4 is 5.32 Å². The van der Waals surface area contributed by atoms with Crippen LogP contribution in [0.25, 0.3) is 0 Å². The summed E-state index contributed by atoms with van der Waals surface area (Å²) in [5.41, 5.74) is -0.496. The summed E-state index contributed by atoms with van der Waals surface area (Å²) in [5, 5.41) is 3.81. The maximum atomic E-state index is 12.3. The predicted octanol–water partition coefficient (Wildman–Crippen LogP) is 4.01. The quantitative estimate of drug-likeness (QED) is 0.766. The summed E-state index contributed by atoms with van der Waals surface area (Å²) in [7, 11) is 0. The SMILES string of the molecule is CCNC1(C(=O)OCC)CCC(Sc2ccccc2Br)C1. The molecule has 1 aliphatic carbocycles. The molecule has 116 valence electrons. The highest BCUT2D eigenvalue weighted by molar-refractivity contribution is 9.10. The highest BCUT2D eigenvalue weighted by Gasteiger charge is 2.46. The molecule has 1 N–H and O–H groups in total. The third-order valence-corrected chi connectivity index (χ3v) is 6.08. The molecule has 5 heteroatoms. The van der Waals surface area contributed by atoms with E-state index in [1.165, 1.54) is 4.90 Å². The van der Waals surface area contributed by atoms with Crippen molar-refractivity contribution in [3.8, 4) is 0 Å². The molecular formula is C16H22BrNO2S. The van der Waals surface area contributed by atoms with Crippen LogP contribution in [0.2, 0.25) is 0 Å². The van der Waals surface area contributed by atoms with E-state index in [2.05, 4.69) is 33.4 Å². The third-order valence-electron chi connectivity index (χ3n) is 3.78. The Hall–Kier alpha value is -0.520. The summed E-state index contributed by atoms with van der Waals surface area (Å²) in [6, 6.07) is 8.24. The summed E-state index contributed by atoms with van der Waals surface area (Å²) < 4.78 is 6.40. The Morgan fingerprint density at radius 2 is 2.24 bits per heavy atom. The van der Waals surface area contributed by atoms with Gasteiger partial charge in [0.25, 0.3) is 0 Å². The van der Waals surface area contributed by atoms with Crippen LogP contribution in [-0.2, 0) is 9.53 Å². The molecule has 0 aromatic heterocycles. The summed E-state index contributed by atoms with van der Waals surface area (Å²) in [5.74, 6) is -0.0953. The van der Waals surface area contributed by atoms with E-state index in [1.807, 2.05) is 37.7 Å². The van der Waals surface area contributed by atoms with E-state index in [0.717, 1.165) is 30.3 Å². The monoisotopic (exact) mass is 371 g/mol. The molecule has 0 bridgehead atoms. The number of carbonyl (C=O) groups excluding carboxylic acids is 1. The predicted molar refractivity (Wildman–Crippen MR) is 90.7 cm³/mol. The van der Waals surface area contributed by atoms with Gasteiger partial charge >= 0.3 is 5.97 Å². The van der Waals surface area contributed by atoms with Crippen LogP contribution in [0.5, 0.6) is 0 Å². The summed E-state index contributed by atoms with van der Waals surface area (Å²) in [6.45, 7) is 5.12. The first-order valence-electron chi connectivity index (χ1n) is 7.44. The summed E-state index contributed by atoms with van der Waals surface area (Å²) in [4.78, 5) is 13.6. The molecule has 0 spiro atoms. The Kier molecular flexibility index (Phi) is 6.14. The van der Waals surface area contributed by atoms with E-state index in [0.29, 0.717) is 11.9 Å². The second-order valence-corrected chi connectivity index (χ2v) is 7.44. The Labute approximate surface area is 139 Å². The molecule has 1 aliphatic rings. The fourth-order valence-corrected chi connectivity index (χ4v) is 4.71. The van der Waals surface area contributed by atoms with E-state index in [9.17, 15) is 4.79 Å². The van der Waals surface area contributed by atoms with Crippen molar-refractivity contribution in [2.24, 2.45) is 0 Å². The number of nitrogens with one attached hydrogen (secondary N) is 1. The molecule has 0 aliphatic heterocycles. The van der Waals surface area contributed by atoms with Gasteiger partial charge in [0, 0.05) is 14.6 Å². The maximum Gasteiger partial charge on any atom is 0.326 e. The molecule has 1 saturated carbocycles. The number of esters is 1. The van der Waals surface area contributed by atoms with Crippen LogP contribution in [-0.4, -0.2) is 29.9 Å². The molecule has 1 aromatic carbocycles. The fraction of sp³-hybridized carbons (Fsp3) is 0.562. The Morgan fingerprint density at radius 3 is 2.90 bits per heavy atom. The molecule has 0 saturated heterocycles. The van der Waals surface area contributed by atoms with Gasteiger partial charge < -0.3 is 10.1 Å². The summed E-state index contributed by atoms with van der Waals surface area (Å²) in [6.07, 6.45) is 2.70. The van der Waals surface area contributed by atoms with Gasteiger partial charge in [-0.1, -0.05) is 19.1 Å². The maximum absolute atomic E-state index is 12.3. The van der Waals surface area contributed by atoms with Crippen molar-refractivity contribution in [2.75, 3.05) is 13.2 Å². The van der Waals surface area contributed by atoms with Crippen molar-refractivity contribution in [3.63, 3.8) is 0 Å². The lowest BCUT2D eigenvalue weighted by Gasteiger charge is -2.27. The second kappa shape index (κ2) is 7.65. The largest absolute Gasteiger partial charge is 0.465 e. The first-order chi connectivity index (χ1) is 10.1. The number of halogens is 1. The lowest BCUT2D eigenvalue weighted by atomic mass is 9.98. The standard InChI is InChI=1S/C16H22BrNO2S/c1-3-18-16(15(19)20-4-2)10-9-12(11-16)21-14-8-6-5-7-13(14)17/h5-8,12,18H,3-4,9-11H2,1-2H3. The number of benzene rings is 1. The molecule has 0 amide bonds. The number of rotatable bonds is 6. The molecule has 1 aromatic rings. The van der Waals surface area contributed by atoms with E-state index >= 15 is 0 Å². The van der Waals surface area contributed by atoms with Crippen molar-refractivity contribution in [2.45, 2.75) is 48.8 Å². The van der Waals surface area contributed by atoms with Gasteiger partial charge in [-0.25, -0.2) is 0 Å². The first-order valence-corrected chi connectivity index (χ1v) is 9.12. The Bertz CT molecular complexity index is 497. The smallest absolute Gasteiger partial charge is 0.326 e. The number of likely N-dealkylation sites (N-methyl/N-ethyl adjacent to an activating group) is 1. The molecule has 21 heavy (non-hydrogen) atoms. The van der Waals surface area contributed by atoms with Crippen LogP contribution in [0, 0.1) is 0 Å². The zero-order chi connectivity index (χ0) is 15.3. The first kappa shape index (κ1) is 16.8. The van der Waals surface area contributed by atoms with Crippen LogP contribution in [0.4, 0.5) is 0 Å². The van der Waals surface area contributed by atoms with Crippen molar-refractivity contribution in [1.82, 2.24) is 5.32 Å². The van der Waals surface area contributed by atoms with Gasteiger partial charge in [0.05, 0.1) is 6.61 Å². The average molecular weight is 372 g/mol. The topological polar surface area (TPSA) is 38.3 Å². The highest BCUT2D eigenvalue weighted by atomic mass is 79.9. The van der Waals surface area contributed by atoms with Gasteiger partial charge in [0.15, 0.2) is 0 Å². The minimum absolute atomic E-state index is 0.0953. The highest BCUT2D eigenvalue weighted by Crippen LogP contribution is 2.42. The van der Waals surface area contributed by atoms with Crippen LogP contribution in [0.3, 0.4) is 0 Å². The Morgan fingerprint density at radius 1 is 1.48 bits per heavy atom. The number of carbonyl (C=O) groups is 1. The van der Waals surface area contributed by atoms with Gasteiger partial charge in [0.2, 0.25) is 0 Å². The molecule has 3 nitrogen and oxygen atoms in total. The molecular weight excluding hydrogens is 350 g/mol. The van der Waals surface area contributed by atoms with Gasteiger partial charge in [-0.05, 0) is 60.8 Å². The van der Waals surface area contributed by atoms with Crippen LogP contribution in [0.15, 0.2) is 33.6 Å². The summed E-state index contributed by atoms with van der Waals surface area (Å²) >= 11 is 5.44. The molecule has 0 heterocycles. The molecule has 1 fully saturated rings. The van der Waals surface area contributed by atoms with Gasteiger partial charge in [-0.15, -0.1) is 11.8 Å². The third kappa shape index (κ3) is 4.02. The van der Waals surface area contributed by atoms with Crippen molar-refractivity contribution in [3.05, 3.63) is 28.7 Å². The van der Waals surface area contributed by atoms with Crippen molar-refractivity contribution in [1.29, 1.82) is 0 Å². The fourth-order valence-electron chi connectivity index (χ4n) is 2.85. The van der Waals surface area contributed by atoms with Gasteiger partial charge in [0.1, 0.15) is 5.54 Å². The van der Waals surface area contributed by atoms with Crippen molar-refractivity contribution < 1.29 is 9.53 Å². The number of hydrogen-bond donors (Lipinski definition) is 1. The van der Waals surface area contributed by atoms with E-state index in [4.69, 9.17) is 4.74 Å². The zero-order valence-corrected chi connectivity index (χ0v) is 14.9. The average Bonchev–Trinajstić information content (AvgIpc) is 2.87. The second-order valence-electron chi connectivity index (χ2n) is 5.25. The zero-order valence-electron chi connectivity index (χ0n) is 12.5. The normalized spacial score (nSPS) is 25.0. The van der Waals surface area contributed by atoms with Crippen LogP contribution in [0.1, 0.15) is 33.1 Å². The molecule has 2 rings (SSSR count). The lowest BCUT2D eigenvalue weighted by Crippen LogP contribution is -2.51. The van der Waals surface area contributed by atoms with Gasteiger partial charge in [-0.3, -0.25) is 4.79 Å². The van der Waals surface area contributed by atoms with Gasteiger partial charge in [-0.2, -0.15) is 0 Å². The molecule has 0 radical (unpaired) electrons. The number of ether oxygens (including phenoxy) is 1. The lowest BCUT2D eigenvalue weighted by molar-refractivity contribution is -0.151. The van der Waals surface area contributed by atoms with Crippen molar-refractivity contribution >= 4 is 33.7 Å². The minimum Gasteiger partial charge on any atom is -0.465 e. The number of hydrogen-bond acceptors (Lipinski definition) is 4. The Balaban J connectivity index is 2.06. The van der Waals surface area contributed by atoms with Crippen LogP contribution >= 0.6 is 27.7 Å². The minimum atomic E-state index is -0.496. The number of thioether (sulfide) groups is 1. The molecule has 2 unspecified atom stereocenters. The van der Waals surface area contributed by atoms with E-state index in [1.54, 1.807) is 0 Å². The van der Waals surface area contributed by atoms with E-state index < -0.39 is 5.54 Å². The molecule has 2 atom stereocenters.